The third-order valence-corrected chi connectivity index (χ3v) is 1.59. The molecule has 0 saturated carbocycles. The standard InChI is InChI=1S/C6H13NO4S/c1-6(8)7-4-3-5-11-12(2,9)10/h3-5H2,1-2H3,(H,7,8). The van der Waals surface area contributed by atoms with Gasteiger partial charge in [0.05, 0.1) is 12.9 Å². The Balaban J connectivity index is 3.29. The van der Waals surface area contributed by atoms with Crippen LogP contribution in [0.15, 0.2) is 0 Å². The Kier molecular flexibility index (Phi) is 4.84. The monoisotopic (exact) mass is 195 g/mol. The number of carbonyl (C=O) groups is 1. The number of amides is 1. The van der Waals surface area contributed by atoms with Crippen molar-refractivity contribution in [3.8, 4) is 0 Å². The van der Waals surface area contributed by atoms with Crippen molar-refractivity contribution in [3.63, 3.8) is 0 Å². The second kappa shape index (κ2) is 5.10. The van der Waals surface area contributed by atoms with Gasteiger partial charge in [0, 0.05) is 13.5 Å². The van der Waals surface area contributed by atoms with Crippen molar-refractivity contribution in [1.82, 2.24) is 5.32 Å². The maximum Gasteiger partial charge on any atom is 0.264 e. The molecule has 0 aromatic heterocycles. The average Bonchev–Trinajstić information content (AvgIpc) is 1.83. The minimum Gasteiger partial charge on any atom is -0.356 e. The lowest BCUT2D eigenvalue weighted by Gasteiger charge is -2.01. The van der Waals surface area contributed by atoms with E-state index in [0.717, 1.165) is 6.26 Å². The molecule has 0 aliphatic carbocycles. The molecule has 1 N–H and O–H groups in total. The molecule has 0 radical (unpaired) electrons. The summed E-state index contributed by atoms with van der Waals surface area (Å²) in [6.45, 7) is 1.95. The van der Waals surface area contributed by atoms with Crippen molar-refractivity contribution in [2.24, 2.45) is 0 Å². The fourth-order valence-corrected chi connectivity index (χ4v) is 0.967. The van der Waals surface area contributed by atoms with Gasteiger partial charge >= 0.3 is 0 Å². The van der Waals surface area contributed by atoms with Crippen molar-refractivity contribution >= 4 is 16.0 Å². The predicted octanol–water partition coefficient (Wildman–Crippen LogP) is -0.511. The number of nitrogens with one attached hydrogen (secondary N) is 1. The van der Waals surface area contributed by atoms with Gasteiger partial charge in [-0.3, -0.25) is 8.98 Å². The first-order chi connectivity index (χ1) is 5.42. The Labute approximate surface area is 72.2 Å². The molecule has 12 heavy (non-hydrogen) atoms. The number of hydrogen-bond acceptors (Lipinski definition) is 4. The van der Waals surface area contributed by atoms with E-state index >= 15 is 0 Å². The Morgan fingerprint density at radius 3 is 2.50 bits per heavy atom. The first-order valence-electron chi connectivity index (χ1n) is 3.50. The molecule has 1 amide bonds. The zero-order valence-electron chi connectivity index (χ0n) is 7.16. The normalized spacial score (nSPS) is 11.2. The summed E-state index contributed by atoms with van der Waals surface area (Å²) in [5, 5.41) is 2.52. The van der Waals surface area contributed by atoms with Gasteiger partial charge in [-0.05, 0) is 6.42 Å². The number of hydrogen-bond donors (Lipinski definition) is 1. The van der Waals surface area contributed by atoms with Crippen molar-refractivity contribution in [1.29, 1.82) is 0 Å². The molecule has 0 aliphatic heterocycles. The van der Waals surface area contributed by atoms with E-state index in [9.17, 15) is 13.2 Å². The molecule has 0 unspecified atom stereocenters. The highest BCUT2D eigenvalue weighted by Gasteiger charge is 1.99. The Morgan fingerprint density at radius 2 is 2.08 bits per heavy atom. The molecule has 0 aromatic carbocycles. The summed E-state index contributed by atoms with van der Waals surface area (Å²) in [6, 6.07) is 0. The molecule has 0 aromatic rings. The van der Waals surface area contributed by atoms with E-state index in [2.05, 4.69) is 9.50 Å². The molecule has 5 nitrogen and oxygen atoms in total. The van der Waals surface area contributed by atoms with Crippen LogP contribution < -0.4 is 5.32 Å². The van der Waals surface area contributed by atoms with Crippen LogP contribution in [0.2, 0.25) is 0 Å². The van der Waals surface area contributed by atoms with Crippen molar-refractivity contribution < 1.29 is 17.4 Å². The molecule has 0 atom stereocenters. The first-order valence-corrected chi connectivity index (χ1v) is 5.32. The van der Waals surface area contributed by atoms with E-state index in [-0.39, 0.29) is 12.5 Å². The quantitative estimate of drug-likeness (QED) is 0.473. The van der Waals surface area contributed by atoms with Gasteiger partial charge in [-0.25, -0.2) is 0 Å². The molecule has 0 spiro atoms. The maximum absolute atomic E-state index is 10.4. The third kappa shape index (κ3) is 9.38. The molecule has 0 saturated heterocycles. The van der Waals surface area contributed by atoms with Crippen LogP contribution in [0, 0.1) is 0 Å². The second-order valence-corrected chi connectivity index (χ2v) is 4.01. The topological polar surface area (TPSA) is 72.5 Å². The molecule has 0 heterocycles. The van der Waals surface area contributed by atoms with E-state index in [4.69, 9.17) is 0 Å². The Bertz CT molecular complexity index is 234. The van der Waals surface area contributed by atoms with E-state index < -0.39 is 10.1 Å². The molecule has 6 heteroatoms. The lowest BCUT2D eigenvalue weighted by molar-refractivity contribution is -0.118. The highest BCUT2D eigenvalue weighted by Crippen LogP contribution is 1.88. The zero-order chi connectivity index (χ0) is 9.61. The highest BCUT2D eigenvalue weighted by atomic mass is 32.2. The minimum atomic E-state index is -3.34. The van der Waals surface area contributed by atoms with Crippen LogP contribution in [0.3, 0.4) is 0 Å². The predicted molar refractivity (Wildman–Crippen MR) is 44.1 cm³/mol. The van der Waals surface area contributed by atoms with Crippen molar-refractivity contribution in [2.45, 2.75) is 13.3 Å². The summed E-state index contributed by atoms with van der Waals surface area (Å²) in [5.74, 6) is -0.130. The van der Waals surface area contributed by atoms with E-state index in [1.807, 2.05) is 0 Å². The van der Waals surface area contributed by atoms with Gasteiger partial charge in [0.15, 0.2) is 0 Å². The molecule has 72 valence electrons. The smallest absolute Gasteiger partial charge is 0.264 e. The average molecular weight is 195 g/mol. The van der Waals surface area contributed by atoms with E-state index in [0.29, 0.717) is 13.0 Å². The van der Waals surface area contributed by atoms with E-state index in [1.54, 1.807) is 0 Å². The van der Waals surface area contributed by atoms with Gasteiger partial charge in [0.2, 0.25) is 5.91 Å². The van der Waals surface area contributed by atoms with Crippen LogP contribution in [0.4, 0.5) is 0 Å². The Hall–Kier alpha value is -0.620. The molecule has 0 bridgehead atoms. The summed E-state index contributed by atoms with van der Waals surface area (Å²) in [6.07, 6.45) is 1.48. The van der Waals surface area contributed by atoms with E-state index in [1.165, 1.54) is 6.92 Å². The summed E-state index contributed by atoms with van der Waals surface area (Å²) >= 11 is 0. The lowest BCUT2D eigenvalue weighted by atomic mass is 10.4. The SMILES string of the molecule is CC(=O)NCCCOS(C)(=O)=O. The van der Waals surface area contributed by atoms with Gasteiger partial charge in [-0.15, -0.1) is 0 Å². The zero-order valence-corrected chi connectivity index (χ0v) is 7.98. The molecule has 0 aliphatic rings. The molecule has 0 rings (SSSR count). The van der Waals surface area contributed by atoms with Crippen LogP contribution in [0.1, 0.15) is 13.3 Å². The first kappa shape index (κ1) is 11.4. The highest BCUT2D eigenvalue weighted by molar-refractivity contribution is 7.85. The lowest BCUT2D eigenvalue weighted by Crippen LogP contribution is -2.22. The largest absolute Gasteiger partial charge is 0.356 e. The summed E-state index contributed by atoms with van der Waals surface area (Å²) in [7, 11) is -3.34. The molecular weight excluding hydrogens is 182 g/mol. The second-order valence-electron chi connectivity index (χ2n) is 2.36. The molecular formula is C6H13NO4S. The number of carbonyl (C=O) groups excluding carboxylic acids is 1. The summed E-state index contributed by atoms with van der Waals surface area (Å²) in [5.41, 5.74) is 0. The maximum atomic E-state index is 10.4. The van der Waals surface area contributed by atoms with Crippen LogP contribution in [-0.4, -0.2) is 33.7 Å². The third-order valence-electron chi connectivity index (χ3n) is 0.992. The number of rotatable bonds is 5. The summed E-state index contributed by atoms with van der Waals surface area (Å²) < 4.78 is 25.3. The van der Waals surface area contributed by atoms with Gasteiger partial charge in [-0.1, -0.05) is 0 Å². The van der Waals surface area contributed by atoms with Gasteiger partial charge in [-0.2, -0.15) is 8.42 Å². The van der Waals surface area contributed by atoms with Gasteiger partial charge < -0.3 is 5.32 Å². The summed E-state index contributed by atoms with van der Waals surface area (Å²) in [4.78, 5) is 10.3. The van der Waals surface area contributed by atoms with Crippen LogP contribution in [0.5, 0.6) is 0 Å². The fourth-order valence-electron chi connectivity index (χ4n) is 0.547. The van der Waals surface area contributed by atoms with Crippen LogP contribution >= 0.6 is 0 Å². The molecule has 0 fully saturated rings. The van der Waals surface area contributed by atoms with Crippen LogP contribution in [0.25, 0.3) is 0 Å². The fraction of sp³-hybridized carbons (Fsp3) is 0.833. The van der Waals surface area contributed by atoms with Crippen LogP contribution in [-0.2, 0) is 19.1 Å². The van der Waals surface area contributed by atoms with Crippen molar-refractivity contribution in [3.05, 3.63) is 0 Å². The van der Waals surface area contributed by atoms with Crippen molar-refractivity contribution in [2.75, 3.05) is 19.4 Å². The van der Waals surface area contributed by atoms with Gasteiger partial charge in [0.25, 0.3) is 10.1 Å². The minimum absolute atomic E-state index is 0.110. The Morgan fingerprint density at radius 1 is 1.50 bits per heavy atom. The van der Waals surface area contributed by atoms with Gasteiger partial charge in [0.1, 0.15) is 0 Å².